The molecule has 0 aliphatic rings. The van der Waals surface area contributed by atoms with Crippen LogP contribution in [0.4, 0.5) is 0 Å². The highest BCUT2D eigenvalue weighted by molar-refractivity contribution is 5.73. The van der Waals surface area contributed by atoms with Crippen molar-refractivity contribution in [2.45, 2.75) is 40.2 Å². The van der Waals surface area contributed by atoms with Gasteiger partial charge in [-0.25, -0.2) is 0 Å². The summed E-state index contributed by atoms with van der Waals surface area (Å²) in [5.41, 5.74) is 5.27. The van der Waals surface area contributed by atoms with Gasteiger partial charge in [-0.1, -0.05) is 20.3 Å². The third kappa shape index (κ3) is 9.48. The van der Waals surface area contributed by atoms with Gasteiger partial charge in [0.25, 0.3) is 0 Å². The molecule has 0 unspecified atom stereocenters. The molecular weight excluding hydrogens is 182 g/mol. The molecule has 0 aromatic heterocycles. The van der Waals surface area contributed by atoms with Gasteiger partial charge >= 0.3 is 5.97 Å². The fourth-order valence-electron chi connectivity index (χ4n) is 0.701. The van der Waals surface area contributed by atoms with E-state index in [1.165, 1.54) is 0 Å². The lowest BCUT2D eigenvalue weighted by atomic mass is 10.0. The topological polar surface area (TPSA) is 72.5 Å². The first-order valence-corrected chi connectivity index (χ1v) is 5.07. The molecule has 0 saturated carbocycles. The van der Waals surface area contributed by atoms with Gasteiger partial charge in [0.2, 0.25) is 0 Å². The molecule has 0 bridgehead atoms. The van der Waals surface area contributed by atoms with Crippen LogP contribution in [0.1, 0.15) is 34.1 Å². The van der Waals surface area contributed by atoms with Gasteiger partial charge in [0, 0.05) is 13.2 Å². The number of carbonyl (C=O) groups is 1. The number of nitrogens with two attached hydrogens (primary N) is 1. The first-order valence-electron chi connectivity index (χ1n) is 5.07. The molecule has 0 aliphatic heterocycles. The molecule has 4 nitrogen and oxygen atoms in total. The molecule has 0 spiro atoms. The molecule has 0 heterocycles. The predicted octanol–water partition coefficient (Wildman–Crippen LogP) is 1.49. The summed E-state index contributed by atoms with van der Waals surface area (Å²) < 4.78 is 4.83. The Bertz CT molecular complexity index is 137. The Labute approximate surface area is 86.4 Å². The van der Waals surface area contributed by atoms with E-state index >= 15 is 0 Å². The second-order valence-corrected chi connectivity index (χ2v) is 3.03. The second kappa shape index (κ2) is 10.5. The fraction of sp³-hybridized carbons (Fsp3) is 0.900. The predicted molar refractivity (Wildman–Crippen MR) is 57.2 cm³/mol. The van der Waals surface area contributed by atoms with Crippen molar-refractivity contribution in [1.82, 2.24) is 0 Å². The first-order chi connectivity index (χ1) is 6.51. The van der Waals surface area contributed by atoms with Crippen LogP contribution in [0, 0.1) is 5.92 Å². The normalized spacial score (nSPS) is 13.8. The van der Waals surface area contributed by atoms with E-state index < -0.39 is 12.0 Å². The highest BCUT2D eigenvalue weighted by Crippen LogP contribution is 2.04. The third-order valence-corrected chi connectivity index (χ3v) is 1.95. The molecule has 0 rings (SSSR count). The van der Waals surface area contributed by atoms with Crippen molar-refractivity contribution in [3.8, 4) is 0 Å². The van der Waals surface area contributed by atoms with Crippen LogP contribution in [0.15, 0.2) is 0 Å². The minimum Gasteiger partial charge on any atom is -0.480 e. The first kappa shape index (κ1) is 15.8. The Kier molecular flexibility index (Phi) is 11.9. The summed E-state index contributed by atoms with van der Waals surface area (Å²) in [6, 6.07) is -0.699. The quantitative estimate of drug-likeness (QED) is 0.713. The maximum atomic E-state index is 10.2. The Hall–Kier alpha value is -0.610. The Morgan fingerprint density at radius 3 is 1.86 bits per heavy atom. The fourth-order valence-corrected chi connectivity index (χ4v) is 0.701. The van der Waals surface area contributed by atoms with Crippen molar-refractivity contribution in [3.05, 3.63) is 0 Å². The van der Waals surface area contributed by atoms with Crippen molar-refractivity contribution in [1.29, 1.82) is 0 Å². The van der Waals surface area contributed by atoms with Crippen LogP contribution in [0.2, 0.25) is 0 Å². The van der Waals surface area contributed by atoms with Gasteiger partial charge in [0.15, 0.2) is 0 Å². The van der Waals surface area contributed by atoms with Crippen LogP contribution in [0.25, 0.3) is 0 Å². The minimum atomic E-state index is -0.913. The number of carboxylic acids is 1. The van der Waals surface area contributed by atoms with Gasteiger partial charge in [-0.05, 0) is 19.8 Å². The standard InChI is InChI=1S/C6H13NO2.C4H10O/c1-3-4(2)5(7)6(8)9;1-3-5-4-2/h4-5H,3,7H2,1-2H3,(H,8,9);3-4H2,1-2H3/t4-,5-;/m0./s1. The molecular formula is C10H23NO3. The van der Waals surface area contributed by atoms with Crippen molar-refractivity contribution >= 4 is 5.97 Å². The monoisotopic (exact) mass is 205 g/mol. The number of hydrogen-bond acceptors (Lipinski definition) is 3. The number of aliphatic carboxylic acids is 1. The molecule has 2 atom stereocenters. The molecule has 0 saturated heterocycles. The number of ether oxygens (including phenoxy) is 1. The maximum Gasteiger partial charge on any atom is 0.320 e. The van der Waals surface area contributed by atoms with E-state index in [9.17, 15) is 4.79 Å². The van der Waals surface area contributed by atoms with Crippen molar-refractivity contribution in [3.63, 3.8) is 0 Å². The van der Waals surface area contributed by atoms with Gasteiger partial charge in [0.1, 0.15) is 6.04 Å². The van der Waals surface area contributed by atoms with E-state index in [0.717, 1.165) is 19.6 Å². The Morgan fingerprint density at radius 1 is 1.36 bits per heavy atom. The molecule has 0 amide bonds. The van der Waals surface area contributed by atoms with Crippen LogP contribution in [0.3, 0.4) is 0 Å². The van der Waals surface area contributed by atoms with Gasteiger partial charge in [0.05, 0.1) is 0 Å². The molecule has 0 aromatic rings. The highest BCUT2D eigenvalue weighted by Gasteiger charge is 2.17. The van der Waals surface area contributed by atoms with E-state index in [1.54, 1.807) is 0 Å². The molecule has 3 N–H and O–H groups in total. The van der Waals surface area contributed by atoms with Crippen molar-refractivity contribution in [2.24, 2.45) is 11.7 Å². The molecule has 4 heteroatoms. The summed E-state index contributed by atoms with van der Waals surface area (Å²) in [6.45, 7) is 9.42. The Balaban J connectivity index is 0. The molecule has 86 valence electrons. The summed E-state index contributed by atoms with van der Waals surface area (Å²) in [7, 11) is 0. The summed E-state index contributed by atoms with van der Waals surface area (Å²) in [5.74, 6) is -0.841. The zero-order valence-electron chi connectivity index (χ0n) is 9.62. The molecule has 0 aliphatic carbocycles. The second-order valence-electron chi connectivity index (χ2n) is 3.03. The number of carboxylic acid groups (broad SMARTS) is 1. The lowest BCUT2D eigenvalue weighted by molar-refractivity contribution is -0.139. The largest absolute Gasteiger partial charge is 0.480 e. The number of hydrogen-bond donors (Lipinski definition) is 2. The molecule has 0 aromatic carbocycles. The smallest absolute Gasteiger partial charge is 0.320 e. The van der Waals surface area contributed by atoms with E-state index in [0.29, 0.717) is 0 Å². The van der Waals surface area contributed by atoms with E-state index in [1.807, 2.05) is 27.7 Å². The van der Waals surface area contributed by atoms with Gasteiger partial charge < -0.3 is 15.6 Å². The van der Waals surface area contributed by atoms with E-state index in [-0.39, 0.29) is 5.92 Å². The van der Waals surface area contributed by atoms with Crippen molar-refractivity contribution < 1.29 is 14.6 Å². The van der Waals surface area contributed by atoms with Crippen LogP contribution < -0.4 is 5.73 Å². The zero-order chi connectivity index (χ0) is 11.6. The van der Waals surface area contributed by atoms with Gasteiger partial charge in [-0.15, -0.1) is 0 Å². The van der Waals surface area contributed by atoms with Crippen molar-refractivity contribution in [2.75, 3.05) is 13.2 Å². The van der Waals surface area contributed by atoms with Crippen LogP contribution >= 0.6 is 0 Å². The summed E-state index contributed by atoms with van der Waals surface area (Å²) in [5, 5.41) is 8.36. The summed E-state index contributed by atoms with van der Waals surface area (Å²) >= 11 is 0. The summed E-state index contributed by atoms with van der Waals surface area (Å²) in [4.78, 5) is 10.2. The average Bonchev–Trinajstić information content (AvgIpc) is 2.17. The number of rotatable bonds is 5. The Morgan fingerprint density at radius 2 is 1.79 bits per heavy atom. The molecule has 0 fully saturated rings. The zero-order valence-corrected chi connectivity index (χ0v) is 9.62. The minimum absolute atomic E-state index is 0.0718. The molecule has 0 radical (unpaired) electrons. The van der Waals surface area contributed by atoms with Crippen LogP contribution in [-0.2, 0) is 9.53 Å². The van der Waals surface area contributed by atoms with Crippen LogP contribution in [0.5, 0.6) is 0 Å². The van der Waals surface area contributed by atoms with Gasteiger partial charge in [-0.2, -0.15) is 0 Å². The maximum absolute atomic E-state index is 10.2. The molecule has 14 heavy (non-hydrogen) atoms. The highest BCUT2D eigenvalue weighted by atomic mass is 16.5. The van der Waals surface area contributed by atoms with Gasteiger partial charge in [-0.3, -0.25) is 4.79 Å². The van der Waals surface area contributed by atoms with E-state index in [4.69, 9.17) is 15.6 Å². The lowest BCUT2D eigenvalue weighted by Crippen LogP contribution is -2.36. The average molecular weight is 205 g/mol. The summed E-state index contributed by atoms with van der Waals surface area (Å²) in [6.07, 6.45) is 0.813. The van der Waals surface area contributed by atoms with Crippen LogP contribution in [-0.4, -0.2) is 30.3 Å². The third-order valence-electron chi connectivity index (χ3n) is 1.95. The van der Waals surface area contributed by atoms with E-state index in [2.05, 4.69) is 0 Å². The lowest BCUT2D eigenvalue weighted by Gasteiger charge is -2.11. The SMILES string of the molecule is CCOCC.CC[C@H](C)[C@H](N)C(=O)O.